The summed E-state index contributed by atoms with van der Waals surface area (Å²) in [6.07, 6.45) is 3.74. The number of carbonyl (C=O) groups is 1. The first-order valence-electron chi connectivity index (χ1n) is 8.87. The Morgan fingerprint density at radius 2 is 1.96 bits per heavy atom. The molecule has 1 saturated heterocycles. The van der Waals surface area contributed by atoms with Crippen molar-refractivity contribution >= 4 is 11.6 Å². The molecule has 7 nitrogen and oxygen atoms in total. The Balaban J connectivity index is 1.46. The van der Waals surface area contributed by atoms with Crippen molar-refractivity contribution in [2.45, 2.75) is 25.9 Å². The molecule has 7 heteroatoms. The highest BCUT2D eigenvalue weighted by molar-refractivity contribution is 5.92. The first kappa shape index (κ1) is 18.3. The summed E-state index contributed by atoms with van der Waals surface area (Å²) in [6.45, 7) is 3.94. The van der Waals surface area contributed by atoms with Gasteiger partial charge in [0.15, 0.2) is 11.5 Å². The van der Waals surface area contributed by atoms with E-state index in [1.807, 2.05) is 44.4 Å². The molecule has 1 aliphatic heterocycles. The lowest BCUT2D eigenvalue weighted by molar-refractivity contribution is -0.117. The molecule has 2 aromatic rings. The zero-order chi connectivity index (χ0) is 18.5. The third-order valence-electron chi connectivity index (χ3n) is 4.55. The average molecular weight is 358 g/mol. The number of rotatable bonds is 6. The second kappa shape index (κ2) is 8.23. The Bertz CT molecular complexity index is 751. The number of hydrogen-bond acceptors (Lipinski definition) is 5. The van der Waals surface area contributed by atoms with Crippen molar-refractivity contribution in [3.05, 3.63) is 36.2 Å². The maximum absolute atomic E-state index is 12.3. The van der Waals surface area contributed by atoms with Gasteiger partial charge in [-0.3, -0.25) is 14.4 Å². The lowest BCUT2D eigenvalue weighted by Gasteiger charge is -2.31. The smallest absolute Gasteiger partial charge is 0.238 e. The molecule has 1 aromatic carbocycles. The number of ether oxygens (including phenoxy) is 2. The van der Waals surface area contributed by atoms with E-state index in [0.717, 1.165) is 48.8 Å². The van der Waals surface area contributed by atoms with Crippen LogP contribution in [0.3, 0.4) is 0 Å². The zero-order valence-corrected chi connectivity index (χ0v) is 15.6. The van der Waals surface area contributed by atoms with Crippen LogP contribution >= 0.6 is 0 Å². The fourth-order valence-corrected chi connectivity index (χ4v) is 3.20. The molecule has 1 amide bonds. The summed E-state index contributed by atoms with van der Waals surface area (Å²) in [4.78, 5) is 14.4. The molecule has 1 fully saturated rings. The molecular weight excluding hydrogens is 332 g/mol. The highest BCUT2D eigenvalue weighted by atomic mass is 16.5. The molecule has 0 aliphatic carbocycles. The predicted octanol–water partition coefficient (Wildman–Crippen LogP) is 2.22. The average Bonchev–Trinajstić information content (AvgIpc) is 2.94. The summed E-state index contributed by atoms with van der Waals surface area (Å²) in [7, 11) is 3.49. The molecule has 140 valence electrons. The molecule has 1 aromatic heterocycles. The molecule has 3 rings (SSSR count). The maximum atomic E-state index is 12.3. The van der Waals surface area contributed by atoms with Crippen LogP contribution in [0.4, 0.5) is 5.69 Å². The molecule has 0 spiro atoms. The fraction of sp³-hybridized carbons (Fsp3) is 0.474. The lowest BCUT2D eigenvalue weighted by Crippen LogP contribution is -2.42. The number of nitrogens with zero attached hydrogens (tertiary/aromatic N) is 3. The molecule has 2 heterocycles. The summed E-state index contributed by atoms with van der Waals surface area (Å²) >= 11 is 0. The Labute approximate surface area is 153 Å². The van der Waals surface area contributed by atoms with Crippen LogP contribution in [-0.4, -0.2) is 53.4 Å². The van der Waals surface area contributed by atoms with Gasteiger partial charge in [-0.05, 0) is 31.9 Å². The van der Waals surface area contributed by atoms with Crippen molar-refractivity contribution in [1.82, 2.24) is 14.7 Å². The Morgan fingerprint density at radius 3 is 2.58 bits per heavy atom. The minimum atomic E-state index is -0.00908. The fourth-order valence-electron chi connectivity index (χ4n) is 3.20. The number of amides is 1. The van der Waals surface area contributed by atoms with Crippen LogP contribution in [0.15, 0.2) is 30.5 Å². The van der Waals surface area contributed by atoms with E-state index < -0.39 is 0 Å². The van der Waals surface area contributed by atoms with Crippen molar-refractivity contribution in [3.63, 3.8) is 0 Å². The van der Waals surface area contributed by atoms with Gasteiger partial charge in [0.2, 0.25) is 5.91 Å². The van der Waals surface area contributed by atoms with Crippen molar-refractivity contribution in [1.29, 1.82) is 0 Å². The van der Waals surface area contributed by atoms with Crippen molar-refractivity contribution in [2.24, 2.45) is 7.05 Å². The summed E-state index contributed by atoms with van der Waals surface area (Å²) in [5.74, 6) is 1.52. The van der Waals surface area contributed by atoms with Gasteiger partial charge in [-0.15, -0.1) is 0 Å². The normalized spacial score (nSPS) is 15.7. The first-order valence-corrected chi connectivity index (χ1v) is 8.87. The van der Waals surface area contributed by atoms with Gasteiger partial charge in [0.25, 0.3) is 0 Å². The number of piperidine rings is 1. The molecule has 1 aliphatic rings. The van der Waals surface area contributed by atoms with E-state index in [-0.39, 0.29) is 12.0 Å². The van der Waals surface area contributed by atoms with Gasteiger partial charge in [0.05, 0.1) is 25.0 Å². The Kier molecular flexibility index (Phi) is 5.78. The largest absolute Gasteiger partial charge is 0.493 e. The second-order valence-corrected chi connectivity index (χ2v) is 6.59. The summed E-state index contributed by atoms with van der Waals surface area (Å²) in [6, 6.07) is 7.69. The third kappa shape index (κ3) is 4.54. The minimum Gasteiger partial charge on any atom is -0.493 e. The molecule has 1 N–H and O–H groups in total. The Hall–Kier alpha value is -2.54. The first-order chi connectivity index (χ1) is 12.5. The molecule has 26 heavy (non-hydrogen) atoms. The second-order valence-electron chi connectivity index (χ2n) is 6.59. The van der Waals surface area contributed by atoms with E-state index in [2.05, 4.69) is 15.3 Å². The highest BCUT2D eigenvalue weighted by Crippen LogP contribution is 2.28. The predicted molar refractivity (Wildman–Crippen MR) is 99.7 cm³/mol. The minimum absolute atomic E-state index is 0.00908. The quantitative estimate of drug-likeness (QED) is 0.858. The number of anilines is 1. The van der Waals surface area contributed by atoms with Crippen LogP contribution in [0.25, 0.3) is 0 Å². The van der Waals surface area contributed by atoms with Gasteiger partial charge in [-0.25, -0.2) is 0 Å². The molecule has 0 atom stereocenters. The van der Waals surface area contributed by atoms with Crippen molar-refractivity contribution < 1.29 is 14.3 Å². The lowest BCUT2D eigenvalue weighted by atomic mass is 10.1. The van der Waals surface area contributed by atoms with E-state index >= 15 is 0 Å². The molecule has 0 saturated carbocycles. The monoisotopic (exact) mass is 358 g/mol. The van der Waals surface area contributed by atoms with Gasteiger partial charge in [-0.2, -0.15) is 5.10 Å². The van der Waals surface area contributed by atoms with E-state index in [4.69, 9.17) is 9.47 Å². The van der Waals surface area contributed by atoms with Gasteiger partial charge in [0, 0.05) is 26.3 Å². The highest BCUT2D eigenvalue weighted by Gasteiger charge is 2.23. The van der Waals surface area contributed by atoms with Crippen molar-refractivity contribution in [2.75, 3.05) is 32.1 Å². The van der Waals surface area contributed by atoms with E-state index in [1.165, 1.54) is 0 Å². The van der Waals surface area contributed by atoms with Crippen LogP contribution in [0.2, 0.25) is 0 Å². The number of aryl methyl sites for hydroxylation is 2. The summed E-state index contributed by atoms with van der Waals surface area (Å²) in [5, 5.41) is 7.17. The maximum Gasteiger partial charge on any atom is 0.238 e. The summed E-state index contributed by atoms with van der Waals surface area (Å²) in [5.41, 5.74) is 1.59. The summed E-state index contributed by atoms with van der Waals surface area (Å²) < 4.78 is 13.1. The van der Waals surface area contributed by atoms with Gasteiger partial charge >= 0.3 is 0 Å². The number of para-hydroxylation sites is 2. The number of nitrogens with one attached hydrogen (secondary N) is 1. The number of hydrogen-bond donors (Lipinski definition) is 1. The van der Waals surface area contributed by atoms with E-state index in [1.54, 1.807) is 11.8 Å². The van der Waals surface area contributed by atoms with Crippen LogP contribution in [0.5, 0.6) is 11.5 Å². The Morgan fingerprint density at radius 1 is 1.27 bits per heavy atom. The standard InChI is InChI=1S/C19H26N4O3/c1-14-16(12-22(2)21-14)20-19(24)13-23-10-8-15(9-11-23)26-18-7-5-4-6-17(18)25-3/h4-7,12,15H,8-11,13H2,1-3H3,(H,20,24). The number of likely N-dealkylation sites (tertiary alicyclic amines) is 1. The van der Waals surface area contributed by atoms with E-state index in [9.17, 15) is 4.79 Å². The van der Waals surface area contributed by atoms with Gasteiger partial charge in [-0.1, -0.05) is 12.1 Å². The van der Waals surface area contributed by atoms with Gasteiger partial charge in [0.1, 0.15) is 6.10 Å². The van der Waals surface area contributed by atoms with E-state index in [0.29, 0.717) is 6.54 Å². The SMILES string of the molecule is COc1ccccc1OC1CCN(CC(=O)Nc2cn(C)nc2C)CC1. The number of carbonyl (C=O) groups excluding carboxylic acids is 1. The van der Waals surface area contributed by atoms with Gasteiger partial charge < -0.3 is 14.8 Å². The third-order valence-corrected chi connectivity index (χ3v) is 4.55. The topological polar surface area (TPSA) is 68.6 Å². The molecular formula is C19H26N4O3. The number of benzene rings is 1. The van der Waals surface area contributed by atoms with Crippen molar-refractivity contribution in [3.8, 4) is 11.5 Å². The zero-order valence-electron chi connectivity index (χ0n) is 15.6. The van der Waals surface area contributed by atoms with Crippen LogP contribution in [0, 0.1) is 6.92 Å². The van der Waals surface area contributed by atoms with Crippen LogP contribution < -0.4 is 14.8 Å². The molecule has 0 radical (unpaired) electrons. The number of aromatic nitrogens is 2. The van der Waals surface area contributed by atoms with Crippen LogP contribution in [0.1, 0.15) is 18.5 Å². The molecule has 0 unspecified atom stereocenters. The number of methoxy groups -OCH3 is 1. The molecule has 0 bridgehead atoms. The van der Waals surface area contributed by atoms with Crippen LogP contribution in [-0.2, 0) is 11.8 Å².